The van der Waals surface area contributed by atoms with E-state index in [9.17, 15) is 0 Å². The monoisotopic (exact) mass is 666 g/mol. The molecule has 0 spiro atoms. The van der Waals surface area contributed by atoms with Gasteiger partial charge in [-0.05, 0) is 75.2 Å². The van der Waals surface area contributed by atoms with Crippen LogP contribution in [0.5, 0.6) is 0 Å². The van der Waals surface area contributed by atoms with E-state index < -0.39 is 0 Å². The van der Waals surface area contributed by atoms with Gasteiger partial charge in [-0.3, -0.25) is 0 Å². The van der Waals surface area contributed by atoms with Gasteiger partial charge in [0, 0.05) is 27.8 Å². The molecule has 0 radical (unpaired) electrons. The Kier molecular flexibility index (Phi) is 7.28. The molecule has 0 aromatic heterocycles. The summed E-state index contributed by atoms with van der Waals surface area (Å²) in [6, 6.07) is 69.1. The first-order valence-corrected chi connectivity index (χ1v) is 17.9. The SMILES string of the molecule is c1ccc(C2=NC3c4ccc(N(c5ccc(-c6ccc(-c7ccccc7)cc6)cc5)c5ccccc5-c5ccccc5)c5cccc(c45)C3O2)cc1. The number of hydrogen-bond donors (Lipinski definition) is 0. The second kappa shape index (κ2) is 12.6. The molecule has 0 saturated heterocycles. The Hall–Kier alpha value is -6.71. The van der Waals surface area contributed by atoms with Gasteiger partial charge in [0.15, 0.2) is 6.10 Å². The van der Waals surface area contributed by atoms with E-state index in [-0.39, 0.29) is 12.1 Å². The van der Waals surface area contributed by atoms with E-state index in [2.05, 4.69) is 181 Å². The van der Waals surface area contributed by atoms with Crippen LogP contribution in [0.4, 0.5) is 17.1 Å². The zero-order chi connectivity index (χ0) is 34.4. The van der Waals surface area contributed by atoms with Gasteiger partial charge in [-0.1, -0.05) is 158 Å². The molecule has 0 N–H and O–H groups in total. The minimum absolute atomic E-state index is 0.0678. The minimum Gasteiger partial charge on any atom is -0.467 e. The predicted molar refractivity (Wildman–Crippen MR) is 214 cm³/mol. The van der Waals surface area contributed by atoms with Crippen molar-refractivity contribution in [3.63, 3.8) is 0 Å². The average Bonchev–Trinajstić information content (AvgIpc) is 3.80. The number of aliphatic imine (C=N–C) groups is 1. The second-order valence-electron chi connectivity index (χ2n) is 13.4. The lowest BCUT2D eigenvalue weighted by Crippen LogP contribution is -2.12. The molecule has 1 aliphatic carbocycles. The highest BCUT2D eigenvalue weighted by Gasteiger charge is 2.42. The molecule has 0 bridgehead atoms. The Morgan fingerprint density at radius 2 is 0.962 bits per heavy atom. The number of ether oxygens (including phenoxy) is 1. The van der Waals surface area contributed by atoms with Crippen molar-refractivity contribution in [2.24, 2.45) is 4.99 Å². The molecule has 1 heterocycles. The number of rotatable bonds is 7. The number of nitrogens with zero attached hydrogens (tertiary/aromatic N) is 2. The van der Waals surface area contributed by atoms with Crippen LogP contribution in [0.2, 0.25) is 0 Å². The van der Waals surface area contributed by atoms with Gasteiger partial charge in [0.1, 0.15) is 6.04 Å². The van der Waals surface area contributed by atoms with Crippen molar-refractivity contribution in [3.05, 3.63) is 211 Å². The van der Waals surface area contributed by atoms with E-state index in [1.54, 1.807) is 0 Å². The molecule has 3 heteroatoms. The Morgan fingerprint density at radius 1 is 0.404 bits per heavy atom. The van der Waals surface area contributed by atoms with E-state index in [1.165, 1.54) is 55.3 Å². The summed E-state index contributed by atoms with van der Waals surface area (Å²) in [5.74, 6) is 0.718. The van der Waals surface area contributed by atoms with Crippen LogP contribution in [-0.2, 0) is 4.74 Å². The quantitative estimate of drug-likeness (QED) is 0.169. The summed E-state index contributed by atoms with van der Waals surface area (Å²) in [6.07, 6.45) is -0.137. The van der Waals surface area contributed by atoms with Crippen LogP contribution in [0.1, 0.15) is 28.8 Å². The van der Waals surface area contributed by atoms with Crippen molar-refractivity contribution >= 4 is 33.7 Å². The average molecular weight is 667 g/mol. The predicted octanol–water partition coefficient (Wildman–Crippen LogP) is 12.9. The summed E-state index contributed by atoms with van der Waals surface area (Å²) in [7, 11) is 0. The zero-order valence-corrected chi connectivity index (χ0v) is 28.4. The van der Waals surface area contributed by atoms with Crippen molar-refractivity contribution in [1.29, 1.82) is 0 Å². The molecule has 1 aliphatic heterocycles. The number of fused-ring (bicyclic) bond motifs is 3. The molecule has 2 atom stereocenters. The van der Waals surface area contributed by atoms with Gasteiger partial charge in [-0.15, -0.1) is 0 Å². The van der Waals surface area contributed by atoms with Crippen LogP contribution in [0, 0.1) is 0 Å². The smallest absolute Gasteiger partial charge is 0.217 e. The fourth-order valence-corrected chi connectivity index (χ4v) is 7.95. The molecule has 0 saturated carbocycles. The Morgan fingerprint density at radius 3 is 1.63 bits per heavy atom. The first kappa shape index (κ1) is 30.1. The summed E-state index contributed by atoms with van der Waals surface area (Å²) in [5, 5.41) is 2.43. The third-order valence-corrected chi connectivity index (χ3v) is 10.4. The maximum Gasteiger partial charge on any atom is 0.217 e. The lowest BCUT2D eigenvalue weighted by Gasteiger charge is -2.29. The van der Waals surface area contributed by atoms with Crippen molar-refractivity contribution in [1.82, 2.24) is 0 Å². The number of benzene rings is 8. The number of hydrogen-bond acceptors (Lipinski definition) is 3. The van der Waals surface area contributed by atoms with Crippen molar-refractivity contribution in [2.45, 2.75) is 12.1 Å². The molecular formula is C49H34N2O. The summed E-state index contributed by atoms with van der Waals surface area (Å²) in [4.78, 5) is 7.56. The van der Waals surface area contributed by atoms with Gasteiger partial charge in [-0.2, -0.15) is 0 Å². The maximum absolute atomic E-state index is 6.61. The van der Waals surface area contributed by atoms with Crippen molar-refractivity contribution in [2.75, 3.05) is 4.90 Å². The summed E-state index contributed by atoms with van der Waals surface area (Å²) in [5.41, 5.74) is 13.9. The Labute approximate surface area is 303 Å². The highest BCUT2D eigenvalue weighted by atomic mass is 16.5. The standard InChI is InChI=1S/C49H34N2O/c1-4-13-33(14-5-1)34-23-25-35(26-24-34)36-27-29-39(30-28-36)51(44-22-11-10-19-40(44)37-15-6-2-7-16-37)45-32-31-42-46-41(45)20-12-21-43(46)48-47(42)50-49(52-48)38-17-8-3-9-18-38/h1-32,47-48H. The molecular weight excluding hydrogens is 633 g/mol. The largest absolute Gasteiger partial charge is 0.467 e. The number of para-hydroxylation sites is 1. The van der Waals surface area contributed by atoms with Crippen molar-refractivity contribution < 1.29 is 4.74 Å². The topological polar surface area (TPSA) is 24.8 Å². The maximum atomic E-state index is 6.61. The first-order chi connectivity index (χ1) is 25.8. The van der Waals surface area contributed by atoms with Gasteiger partial charge >= 0.3 is 0 Å². The van der Waals surface area contributed by atoms with Crippen LogP contribution < -0.4 is 4.90 Å². The summed E-state index contributed by atoms with van der Waals surface area (Å²) < 4.78 is 6.61. The molecule has 2 aliphatic rings. The van der Waals surface area contributed by atoms with Crippen LogP contribution in [0.3, 0.4) is 0 Å². The molecule has 0 amide bonds. The molecule has 52 heavy (non-hydrogen) atoms. The van der Waals surface area contributed by atoms with E-state index in [0.717, 1.165) is 28.5 Å². The number of anilines is 3. The highest BCUT2D eigenvalue weighted by Crippen LogP contribution is 2.54. The molecule has 2 unspecified atom stereocenters. The molecule has 8 aromatic carbocycles. The molecule has 0 fully saturated rings. The molecule has 8 aromatic rings. The summed E-state index contributed by atoms with van der Waals surface area (Å²) >= 11 is 0. The van der Waals surface area contributed by atoms with Gasteiger partial charge in [-0.25, -0.2) is 4.99 Å². The highest BCUT2D eigenvalue weighted by molar-refractivity contribution is 6.06. The fourth-order valence-electron chi connectivity index (χ4n) is 7.95. The van der Waals surface area contributed by atoms with E-state index >= 15 is 0 Å². The van der Waals surface area contributed by atoms with Crippen LogP contribution >= 0.6 is 0 Å². The third kappa shape index (κ3) is 5.09. The lowest BCUT2D eigenvalue weighted by molar-refractivity contribution is 0.205. The normalized spacial score (nSPS) is 15.6. The van der Waals surface area contributed by atoms with Gasteiger partial charge in [0.05, 0.1) is 11.4 Å². The van der Waals surface area contributed by atoms with Gasteiger partial charge in [0.25, 0.3) is 0 Å². The third-order valence-electron chi connectivity index (χ3n) is 10.4. The molecule has 10 rings (SSSR count). The van der Waals surface area contributed by atoms with Gasteiger partial charge in [0.2, 0.25) is 5.90 Å². The zero-order valence-electron chi connectivity index (χ0n) is 28.4. The van der Waals surface area contributed by atoms with Crippen LogP contribution in [0.15, 0.2) is 199 Å². The second-order valence-corrected chi connectivity index (χ2v) is 13.4. The van der Waals surface area contributed by atoms with Crippen LogP contribution in [0.25, 0.3) is 44.2 Å². The minimum atomic E-state index is -0.137. The van der Waals surface area contributed by atoms with Gasteiger partial charge < -0.3 is 9.64 Å². The molecule has 246 valence electrons. The first-order valence-electron chi connectivity index (χ1n) is 17.9. The van der Waals surface area contributed by atoms with Crippen LogP contribution in [-0.4, -0.2) is 5.90 Å². The van der Waals surface area contributed by atoms with Crippen molar-refractivity contribution in [3.8, 4) is 33.4 Å². The Balaban J connectivity index is 1.09. The summed E-state index contributed by atoms with van der Waals surface area (Å²) in [6.45, 7) is 0. The Bertz CT molecular complexity index is 2580. The van der Waals surface area contributed by atoms with E-state index in [4.69, 9.17) is 9.73 Å². The lowest BCUT2D eigenvalue weighted by atomic mass is 9.98. The van der Waals surface area contributed by atoms with E-state index in [1.807, 2.05) is 18.2 Å². The van der Waals surface area contributed by atoms with E-state index in [0.29, 0.717) is 0 Å². The molecule has 3 nitrogen and oxygen atoms in total. The fraction of sp³-hybridized carbons (Fsp3) is 0.0408.